The molecule has 106 valence electrons. The number of ether oxygens (including phenoxy) is 1. The van der Waals surface area contributed by atoms with E-state index in [1.165, 1.54) is 17.4 Å². The monoisotopic (exact) mass is 270 g/mol. The van der Waals surface area contributed by atoms with Gasteiger partial charge >= 0.3 is 0 Å². The number of hydrogen-bond donors (Lipinski definition) is 1. The van der Waals surface area contributed by atoms with Gasteiger partial charge in [-0.3, -0.25) is 0 Å². The standard InChI is InChI=1S/C17H22N2O/c1-2-10-18-11-13-12-19-17(20-14-6-5-7-14)16-9-4-3-8-15(13)16/h3-4,8-9,12,14,18H,2,5-7,10-11H2,1H3. The zero-order valence-electron chi connectivity index (χ0n) is 12.1. The van der Waals surface area contributed by atoms with Gasteiger partial charge < -0.3 is 10.1 Å². The minimum atomic E-state index is 0.370. The number of aromatic nitrogens is 1. The molecule has 2 aromatic rings. The van der Waals surface area contributed by atoms with E-state index in [0.29, 0.717) is 6.10 Å². The highest BCUT2D eigenvalue weighted by molar-refractivity contribution is 5.89. The van der Waals surface area contributed by atoms with E-state index < -0.39 is 0 Å². The van der Waals surface area contributed by atoms with Crippen molar-refractivity contribution in [1.29, 1.82) is 0 Å². The molecule has 0 atom stereocenters. The van der Waals surface area contributed by atoms with Crippen LogP contribution in [0, 0.1) is 0 Å². The van der Waals surface area contributed by atoms with Gasteiger partial charge in [0.05, 0.1) is 0 Å². The third kappa shape index (κ3) is 2.78. The number of rotatable bonds is 6. The Morgan fingerprint density at radius 3 is 2.75 bits per heavy atom. The van der Waals surface area contributed by atoms with Gasteiger partial charge in [0.15, 0.2) is 0 Å². The maximum Gasteiger partial charge on any atom is 0.221 e. The number of nitrogens with one attached hydrogen (secondary N) is 1. The van der Waals surface area contributed by atoms with Crippen molar-refractivity contribution in [3.8, 4) is 5.88 Å². The van der Waals surface area contributed by atoms with Crippen LogP contribution >= 0.6 is 0 Å². The van der Waals surface area contributed by atoms with Crippen molar-refractivity contribution in [3.63, 3.8) is 0 Å². The van der Waals surface area contributed by atoms with E-state index in [2.05, 4.69) is 41.5 Å². The Balaban J connectivity index is 1.87. The first-order valence-electron chi connectivity index (χ1n) is 7.62. The van der Waals surface area contributed by atoms with Crippen molar-refractivity contribution in [3.05, 3.63) is 36.0 Å². The molecule has 0 bridgehead atoms. The fraction of sp³-hybridized carbons (Fsp3) is 0.471. The van der Waals surface area contributed by atoms with E-state index in [9.17, 15) is 0 Å². The number of nitrogens with zero attached hydrogens (tertiary/aromatic N) is 1. The van der Waals surface area contributed by atoms with Crippen molar-refractivity contribution in [2.75, 3.05) is 6.54 Å². The molecule has 3 nitrogen and oxygen atoms in total. The molecule has 1 N–H and O–H groups in total. The van der Waals surface area contributed by atoms with Crippen LogP contribution in [0.4, 0.5) is 0 Å². The molecule has 0 aliphatic heterocycles. The molecule has 1 aromatic carbocycles. The minimum absolute atomic E-state index is 0.370. The lowest BCUT2D eigenvalue weighted by Gasteiger charge is -2.26. The van der Waals surface area contributed by atoms with E-state index >= 15 is 0 Å². The molecule has 1 aromatic heterocycles. The van der Waals surface area contributed by atoms with Crippen LogP contribution in [0.5, 0.6) is 5.88 Å². The first kappa shape index (κ1) is 13.4. The quantitative estimate of drug-likeness (QED) is 0.813. The van der Waals surface area contributed by atoms with Gasteiger partial charge in [-0.15, -0.1) is 0 Å². The molecule has 3 rings (SSSR count). The number of benzene rings is 1. The fourth-order valence-corrected chi connectivity index (χ4v) is 2.51. The largest absolute Gasteiger partial charge is 0.474 e. The summed E-state index contributed by atoms with van der Waals surface area (Å²) in [6.07, 6.45) is 7.08. The summed E-state index contributed by atoms with van der Waals surface area (Å²) in [6.45, 7) is 4.08. The maximum atomic E-state index is 6.01. The normalized spacial score (nSPS) is 15.2. The number of pyridine rings is 1. The van der Waals surface area contributed by atoms with Crippen molar-refractivity contribution in [1.82, 2.24) is 10.3 Å². The zero-order valence-corrected chi connectivity index (χ0v) is 12.1. The molecular weight excluding hydrogens is 248 g/mol. The summed E-state index contributed by atoms with van der Waals surface area (Å²) in [7, 11) is 0. The molecule has 1 fully saturated rings. The molecule has 0 saturated heterocycles. The highest BCUT2D eigenvalue weighted by Gasteiger charge is 2.20. The van der Waals surface area contributed by atoms with Gasteiger partial charge in [0.1, 0.15) is 6.10 Å². The van der Waals surface area contributed by atoms with Crippen LogP contribution < -0.4 is 10.1 Å². The van der Waals surface area contributed by atoms with Crippen LogP contribution in [-0.2, 0) is 6.54 Å². The van der Waals surface area contributed by atoms with Crippen LogP contribution in [0.1, 0.15) is 38.2 Å². The van der Waals surface area contributed by atoms with E-state index in [4.69, 9.17) is 4.74 Å². The highest BCUT2D eigenvalue weighted by Crippen LogP contribution is 2.30. The molecule has 0 unspecified atom stereocenters. The maximum absolute atomic E-state index is 6.01. The van der Waals surface area contributed by atoms with E-state index in [-0.39, 0.29) is 0 Å². The minimum Gasteiger partial charge on any atom is -0.474 e. The average Bonchev–Trinajstić information content (AvgIpc) is 2.44. The fourth-order valence-electron chi connectivity index (χ4n) is 2.51. The third-order valence-corrected chi connectivity index (χ3v) is 3.91. The molecule has 0 spiro atoms. The first-order chi connectivity index (χ1) is 9.88. The molecule has 1 aliphatic rings. The topological polar surface area (TPSA) is 34.2 Å². The van der Waals surface area contributed by atoms with Gasteiger partial charge in [-0.1, -0.05) is 25.1 Å². The smallest absolute Gasteiger partial charge is 0.221 e. The average molecular weight is 270 g/mol. The second-order valence-corrected chi connectivity index (χ2v) is 5.48. The van der Waals surface area contributed by atoms with E-state index in [0.717, 1.165) is 43.6 Å². The first-order valence-corrected chi connectivity index (χ1v) is 7.62. The Hall–Kier alpha value is -1.61. The van der Waals surface area contributed by atoms with Crippen molar-refractivity contribution >= 4 is 10.8 Å². The molecule has 20 heavy (non-hydrogen) atoms. The third-order valence-electron chi connectivity index (χ3n) is 3.91. The van der Waals surface area contributed by atoms with Gasteiger partial charge in [-0.2, -0.15) is 0 Å². The van der Waals surface area contributed by atoms with E-state index in [1.54, 1.807) is 0 Å². The summed E-state index contributed by atoms with van der Waals surface area (Å²) >= 11 is 0. The summed E-state index contributed by atoms with van der Waals surface area (Å²) in [5.41, 5.74) is 1.25. The zero-order chi connectivity index (χ0) is 13.8. The molecule has 1 heterocycles. The van der Waals surface area contributed by atoms with Crippen molar-refractivity contribution in [2.24, 2.45) is 0 Å². The SMILES string of the molecule is CCCNCc1cnc(OC2CCC2)c2ccccc12. The Kier molecular flexibility index (Phi) is 4.16. The summed E-state index contributed by atoms with van der Waals surface area (Å²) in [6, 6.07) is 8.41. The Morgan fingerprint density at radius 2 is 2.05 bits per heavy atom. The van der Waals surface area contributed by atoms with Gasteiger partial charge in [0.2, 0.25) is 5.88 Å². The van der Waals surface area contributed by atoms with Crippen molar-refractivity contribution < 1.29 is 4.74 Å². The van der Waals surface area contributed by atoms with Gasteiger partial charge in [-0.25, -0.2) is 4.98 Å². The summed E-state index contributed by atoms with van der Waals surface area (Å²) in [4.78, 5) is 4.55. The van der Waals surface area contributed by atoms with Crippen LogP contribution in [0.3, 0.4) is 0 Å². The lowest BCUT2D eigenvalue weighted by Crippen LogP contribution is -2.25. The van der Waals surface area contributed by atoms with Crippen LogP contribution in [0.25, 0.3) is 10.8 Å². The van der Waals surface area contributed by atoms with Crippen molar-refractivity contribution in [2.45, 2.75) is 45.3 Å². The Labute approximate surface area is 120 Å². The summed E-state index contributed by atoms with van der Waals surface area (Å²) in [5, 5.41) is 5.83. The molecule has 1 saturated carbocycles. The second kappa shape index (κ2) is 6.23. The van der Waals surface area contributed by atoms with Crippen LogP contribution in [0.15, 0.2) is 30.5 Å². The predicted octanol–water partition coefficient (Wildman–Crippen LogP) is 3.67. The number of hydrogen-bond acceptors (Lipinski definition) is 3. The molecule has 0 radical (unpaired) electrons. The number of fused-ring (bicyclic) bond motifs is 1. The predicted molar refractivity (Wildman–Crippen MR) is 82.0 cm³/mol. The van der Waals surface area contributed by atoms with Gasteiger partial charge in [-0.05, 0) is 49.2 Å². The van der Waals surface area contributed by atoms with Crippen LogP contribution in [-0.4, -0.2) is 17.6 Å². The van der Waals surface area contributed by atoms with Crippen LogP contribution in [0.2, 0.25) is 0 Å². The van der Waals surface area contributed by atoms with Gasteiger partial charge in [0.25, 0.3) is 0 Å². The second-order valence-electron chi connectivity index (χ2n) is 5.48. The lowest BCUT2D eigenvalue weighted by molar-refractivity contribution is 0.116. The summed E-state index contributed by atoms with van der Waals surface area (Å²) in [5.74, 6) is 0.796. The summed E-state index contributed by atoms with van der Waals surface area (Å²) < 4.78 is 6.01. The molecular formula is C17H22N2O. The molecule has 1 aliphatic carbocycles. The molecule has 3 heteroatoms. The lowest BCUT2D eigenvalue weighted by atomic mass is 9.96. The van der Waals surface area contributed by atoms with Gasteiger partial charge in [0, 0.05) is 18.1 Å². The van der Waals surface area contributed by atoms with E-state index in [1.807, 2.05) is 6.20 Å². The molecule has 0 amide bonds. The Bertz CT molecular complexity index is 578. The Morgan fingerprint density at radius 1 is 1.25 bits per heavy atom. The highest BCUT2D eigenvalue weighted by atomic mass is 16.5.